The summed E-state index contributed by atoms with van der Waals surface area (Å²) in [5.41, 5.74) is 1.32. The molecule has 1 aliphatic carbocycles. The van der Waals surface area contributed by atoms with E-state index in [1.165, 1.54) is 41.5 Å². The van der Waals surface area contributed by atoms with Crippen LogP contribution in [-0.2, 0) is 11.3 Å². The fourth-order valence-electron chi connectivity index (χ4n) is 3.18. The third-order valence-corrected chi connectivity index (χ3v) is 6.86. The number of rotatable bonds is 8. The van der Waals surface area contributed by atoms with Crippen molar-refractivity contribution in [3.8, 4) is 0 Å². The minimum Gasteiger partial charge on any atom is -0.357 e. The number of anilines is 1. The number of benzene rings is 1. The van der Waals surface area contributed by atoms with Gasteiger partial charge in [0.25, 0.3) is 0 Å². The second-order valence-corrected chi connectivity index (χ2v) is 9.83. The van der Waals surface area contributed by atoms with Gasteiger partial charge in [-0.2, -0.15) is 0 Å². The third-order valence-electron chi connectivity index (χ3n) is 4.83. The third kappa shape index (κ3) is 5.43. The molecular formula is C19H25N5OS2. The average molecular weight is 404 g/mol. The van der Waals surface area contributed by atoms with Crippen LogP contribution in [0.5, 0.6) is 0 Å². The number of carbonyl (C=O) groups excluding carboxylic acids is 1. The lowest BCUT2D eigenvalue weighted by atomic mass is 10.2. The number of nitrogens with zero attached hydrogens (tertiary/aromatic N) is 3. The van der Waals surface area contributed by atoms with Gasteiger partial charge >= 0.3 is 0 Å². The van der Waals surface area contributed by atoms with Gasteiger partial charge in [0, 0.05) is 31.7 Å². The molecule has 8 heteroatoms. The Kier molecular flexibility index (Phi) is 5.95. The van der Waals surface area contributed by atoms with Crippen molar-refractivity contribution in [2.75, 3.05) is 18.4 Å². The van der Waals surface area contributed by atoms with Crippen molar-refractivity contribution in [3.05, 3.63) is 35.9 Å². The number of nitrogens with one attached hydrogen (secondary N) is 2. The lowest BCUT2D eigenvalue weighted by molar-refractivity contribution is -0.120. The number of hydrogen-bond acceptors (Lipinski definition) is 7. The fourth-order valence-corrected chi connectivity index (χ4v) is 5.16. The van der Waals surface area contributed by atoms with Crippen molar-refractivity contribution in [2.45, 2.75) is 54.4 Å². The standard InChI is InChI=1S/C19H25N5OS2/c1-13(26-19-23-22-18(27-19)21-15-7-8-15)17(25)20-16-9-10-24(12-16)11-14-5-3-2-4-6-14/h2-6,13,15-16H,7-12H2,1H3,(H,20,25)(H,21,22). The Labute approximate surface area is 168 Å². The number of aromatic nitrogens is 2. The summed E-state index contributed by atoms with van der Waals surface area (Å²) in [6.07, 6.45) is 3.43. The summed E-state index contributed by atoms with van der Waals surface area (Å²) in [7, 11) is 0. The van der Waals surface area contributed by atoms with Crippen LogP contribution >= 0.6 is 23.1 Å². The SMILES string of the molecule is CC(Sc1nnc(NC2CC2)s1)C(=O)NC1CCN(Cc2ccccc2)C1. The summed E-state index contributed by atoms with van der Waals surface area (Å²) in [4.78, 5) is 15.0. The van der Waals surface area contributed by atoms with E-state index in [0.29, 0.717) is 6.04 Å². The Hall–Kier alpha value is -1.64. The summed E-state index contributed by atoms with van der Waals surface area (Å²) in [5, 5.41) is 15.6. The number of likely N-dealkylation sites (tertiary alicyclic amines) is 1. The van der Waals surface area contributed by atoms with Crippen molar-refractivity contribution in [3.63, 3.8) is 0 Å². The highest BCUT2D eigenvalue weighted by atomic mass is 32.2. The summed E-state index contributed by atoms with van der Waals surface area (Å²) < 4.78 is 0.845. The maximum Gasteiger partial charge on any atom is 0.233 e. The van der Waals surface area contributed by atoms with Crippen LogP contribution in [0, 0.1) is 0 Å². The van der Waals surface area contributed by atoms with E-state index in [1.54, 1.807) is 0 Å². The van der Waals surface area contributed by atoms with Crippen LogP contribution < -0.4 is 10.6 Å². The topological polar surface area (TPSA) is 70.1 Å². The van der Waals surface area contributed by atoms with Crippen molar-refractivity contribution in [2.24, 2.45) is 0 Å². The normalized spacial score (nSPS) is 21.1. The Balaban J connectivity index is 1.22. The molecule has 1 saturated carbocycles. The van der Waals surface area contributed by atoms with E-state index in [-0.39, 0.29) is 17.2 Å². The molecule has 144 valence electrons. The molecule has 1 aromatic heterocycles. The molecule has 2 unspecified atom stereocenters. The molecular weight excluding hydrogens is 378 g/mol. The van der Waals surface area contributed by atoms with Crippen LogP contribution in [0.3, 0.4) is 0 Å². The Morgan fingerprint density at radius 2 is 2.07 bits per heavy atom. The highest BCUT2D eigenvalue weighted by molar-refractivity contribution is 8.02. The van der Waals surface area contributed by atoms with Gasteiger partial charge in [0.2, 0.25) is 11.0 Å². The zero-order chi connectivity index (χ0) is 18.6. The van der Waals surface area contributed by atoms with Crippen LogP contribution in [0.1, 0.15) is 31.7 Å². The molecule has 1 saturated heterocycles. The second-order valence-electron chi connectivity index (χ2n) is 7.27. The van der Waals surface area contributed by atoms with Crippen LogP contribution in [0.15, 0.2) is 34.7 Å². The average Bonchev–Trinajstić information content (AvgIpc) is 3.19. The number of amides is 1. The van der Waals surface area contributed by atoms with E-state index in [1.807, 2.05) is 13.0 Å². The fraction of sp³-hybridized carbons (Fsp3) is 0.526. The van der Waals surface area contributed by atoms with Gasteiger partial charge in [0.05, 0.1) is 5.25 Å². The predicted molar refractivity (Wildman–Crippen MR) is 110 cm³/mol. The maximum absolute atomic E-state index is 12.6. The van der Waals surface area contributed by atoms with Gasteiger partial charge in [-0.15, -0.1) is 10.2 Å². The first-order chi connectivity index (χ1) is 13.2. The lowest BCUT2D eigenvalue weighted by Crippen LogP contribution is -2.40. The molecule has 0 radical (unpaired) electrons. The molecule has 2 N–H and O–H groups in total. The molecule has 4 rings (SSSR count). The van der Waals surface area contributed by atoms with Gasteiger partial charge in [0.1, 0.15) is 0 Å². The number of thioether (sulfide) groups is 1. The highest BCUT2D eigenvalue weighted by Crippen LogP contribution is 2.32. The first kappa shape index (κ1) is 18.7. The largest absolute Gasteiger partial charge is 0.357 e. The minimum atomic E-state index is -0.171. The van der Waals surface area contributed by atoms with Crippen LogP contribution in [0.2, 0.25) is 0 Å². The van der Waals surface area contributed by atoms with Crippen molar-refractivity contribution >= 4 is 34.1 Å². The predicted octanol–water partition coefficient (Wildman–Crippen LogP) is 2.98. The van der Waals surface area contributed by atoms with E-state index in [0.717, 1.165) is 35.5 Å². The molecule has 1 aliphatic heterocycles. The first-order valence-corrected chi connectivity index (χ1v) is 11.2. The molecule has 0 spiro atoms. The van der Waals surface area contributed by atoms with E-state index < -0.39 is 0 Å². The minimum absolute atomic E-state index is 0.0819. The van der Waals surface area contributed by atoms with E-state index in [2.05, 4.69) is 50.0 Å². The Morgan fingerprint density at radius 1 is 1.26 bits per heavy atom. The van der Waals surface area contributed by atoms with Gasteiger partial charge < -0.3 is 10.6 Å². The summed E-state index contributed by atoms with van der Waals surface area (Å²) in [6.45, 7) is 4.81. The smallest absolute Gasteiger partial charge is 0.233 e. The van der Waals surface area contributed by atoms with Gasteiger partial charge in [0.15, 0.2) is 4.34 Å². The lowest BCUT2D eigenvalue weighted by Gasteiger charge is -2.18. The molecule has 27 heavy (non-hydrogen) atoms. The van der Waals surface area contributed by atoms with Gasteiger partial charge in [-0.1, -0.05) is 53.4 Å². The maximum atomic E-state index is 12.6. The summed E-state index contributed by atoms with van der Waals surface area (Å²) >= 11 is 3.02. The zero-order valence-corrected chi connectivity index (χ0v) is 17.1. The number of hydrogen-bond donors (Lipinski definition) is 2. The number of carbonyl (C=O) groups is 1. The Morgan fingerprint density at radius 3 is 2.85 bits per heavy atom. The van der Waals surface area contributed by atoms with Crippen LogP contribution in [0.25, 0.3) is 0 Å². The molecule has 2 heterocycles. The molecule has 6 nitrogen and oxygen atoms in total. The Bertz CT molecular complexity index is 764. The van der Waals surface area contributed by atoms with Crippen molar-refractivity contribution in [1.29, 1.82) is 0 Å². The summed E-state index contributed by atoms with van der Waals surface area (Å²) in [5.74, 6) is 0.0819. The summed E-state index contributed by atoms with van der Waals surface area (Å²) in [6, 6.07) is 11.3. The van der Waals surface area contributed by atoms with Gasteiger partial charge in [-0.05, 0) is 31.7 Å². The molecule has 1 aromatic carbocycles. The van der Waals surface area contributed by atoms with E-state index >= 15 is 0 Å². The molecule has 2 atom stereocenters. The molecule has 2 aromatic rings. The highest BCUT2D eigenvalue weighted by Gasteiger charge is 2.27. The van der Waals surface area contributed by atoms with E-state index in [9.17, 15) is 4.79 Å². The van der Waals surface area contributed by atoms with Gasteiger partial charge in [-0.25, -0.2) is 0 Å². The van der Waals surface area contributed by atoms with Crippen LogP contribution in [0.4, 0.5) is 5.13 Å². The monoisotopic (exact) mass is 403 g/mol. The van der Waals surface area contributed by atoms with Crippen molar-refractivity contribution in [1.82, 2.24) is 20.4 Å². The molecule has 0 bridgehead atoms. The molecule has 1 amide bonds. The van der Waals surface area contributed by atoms with Gasteiger partial charge in [-0.3, -0.25) is 9.69 Å². The second kappa shape index (κ2) is 8.58. The van der Waals surface area contributed by atoms with Crippen LogP contribution in [-0.4, -0.2) is 51.4 Å². The molecule has 2 fully saturated rings. The van der Waals surface area contributed by atoms with E-state index in [4.69, 9.17) is 0 Å². The van der Waals surface area contributed by atoms with Crippen molar-refractivity contribution < 1.29 is 4.79 Å². The first-order valence-electron chi connectivity index (χ1n) is 9.49. The molecule has 2 aliphatic rings. The zero-order valence-electron chi connectivity index (χ0n) is 15.4. The quantitative estimate of drug-likeness (QED) is 0.661.